The summed E-state index contributed by atoms with van der Waals surface area (Å²) in [6, 6.07) is 8.63. The van der Waals surface area contributed by atoms with Crippen LogP contribution in [0.4, 0.5) is 10.5 Å². The molecule has 3 aromatic rings. The number of hydrogen-bond donors (Lipinski definition) is 2. The molecule has 1 aliphatic heterocycles. The number of halogens is 1. The number of anilines is 1. The summed E-state index contributed by atoms with van der Waals surface area (Å²) in [7, 11) is 0. The first-order valence-corrected chi connectivity index (χ1v) is 13.0. The lowest BCUT2D eigenvalue weighted by Gasteiger charge is -2.47. The van der Waals surface area contributed by atoms with E-state index < -0.39 is 5.60 Å². The Labute approximate surface area is 208 Å². The van der Waals surface area contributed by atoms with E-state index in [9.17, 15) is 9.90 Å². The number of nitrogens with zero attached hydrogens (tertiary/aromatic N) is 2. The molecule has 0 bridgehead atoms. The number of alkyl carbamates (subject to hydrolysis) is 1. The molecule has 6 nitrogen and oxygen atoms in total. The molecule has 2 N–H and O–H groups in total. The van der Waals surface area contributed by atoms with E-state index in [-0.39, 0.29) is 18.7 Å². The Bertz CT molecular complexity index is 1230. The second kappa shape index (κ2) is 9.02. The van der Waals surface area contributed by atoms with Crippen molar-refractivity contribution in [1.82, 2.24) is 10.3 Å². The van der Waals surface area contributed by atoms with Crippen LogP contribution >= 0.6 is 22.9 Å². The van der Waals surface area contributed by atoms with Gasteiger partial charge in [0.2, 0.25) is 0 Å². The van der Waals surface area contributed by atoms with Crippen molar-refractivity contribution in [2.45, 2.75) is 70.7 Å². The highest BCUT2D eigenvalue weighted by Crippen LogP contribution is 2.46. The van der Waals surface area contributed by atoms with Crippen LogP contribution in [0.3, 0.4) is 0 Å². The van der Waals surface area contributed by atoms with E-state index in [0.717, 1.165) is 63.5 Å². The number of fused-ring (bicyclic) bond motifs is 2. The molecule has 180 valence electrons. The largest absolute Gasteiger partial charge is 0.444 e. The lowest BCUT2D eigenvalue weighted by atomic mass is 9.82. The number of carbonyl (C=O) groups excluding carboxylic acids is 1. The van der Waals surface area contributed by atoms with Gasteiger partial charge in [0, 0.05) is 51.5 Å². The van der Waals surface area contributed by atoms with Crippen molar-refractivity contribution in [3.05, 3.63) is 45.9 Å². The first-order valence-electron chi connectivity index (χ1n) is 11.8. The van der Waals surface area contributed by atoms with Crippen LogP contribution in [-0.4, -0.2) is 40.4 Å². The topological polar surface area (TPSA) is 74.7 Å². The van der Waals surface area contributed by atoms with Crippen molar-refractivity contribution >= 4 is 44.9 Å². The summed E-state index contributed by atoms with van der Waals surface area (Å²) in [4.78, 5) is 20.1. The van der Waals surface area contributed by atoms with Crippen LogP contribution in [0, 0.1) is 0 Å². The molecule has 8 heteroatoms. The second-order valence-electron chi connectivity index (χ2n) is 10.2. The standard InChI is InChI=1S/C26H30ClN3O3S/c1-26(2,3)33-25(32)29-17-11-18(12-17)30-8-4-5-15-9-16(27)10-21(23(15)30)20-6-7-28-22-13-19(14-31)34-24(20)22/h6-7,9-10,13,17-18,31H,4-5,8,11-12,14H2,1-3H3,(H,29,32). The van der Waals surface area contributed by atoms with E-state index in [1.807, 2.05) is 39.1 Å². The van der Waals surface area contributed by atoms with Gasteiger partial charge in [0.05, 0.1) is 16.8 Å². The zero-order valence-electron chi connectivity index (χ0n) is 19.7. The maximum absolute atomic E-state index is 12.2. The third kappa shape index (κ3) is 4.61. The molecule has 0 spiro atoms. The van der Waals surface area contributed by atoms with Gasteiger partial charge in [-0.3, -0.25) is 4.98 Å². The molecule has 5 rings (SSSR count). The van der Waals surface area contributed by atoms with Crippen molar-refractivity contribution in [2.24, 2.45) is 0 Å². The maximum atomic E-state index is 12.2. The van der Waals surface area contributed by atoms with Crippen LogP contribution in [0.2, 0.25) is 5.02 Å². The van der Waals surface area contributed by atoms with E-state index in [1.165, 1.54) is 11.3 Å². The van der Waals surface area contributed by atoms with Crippen LogP contribution in [0.15, 0.2) is 30.5 Å². The summed E-state index contributed by atoms with van der Waals surface area (Å²) in [5, 5.41) is 13.4. The van der Waals surface area contributed by atoms with Gasteiger partial charge < -0.3 is 20.1 Å². The summed E-state index contributed by atoms with van der Waals surface area (Å²) < 4.78 is 6.49. The molecule has 2 aromatic heterocycles. The number of amides is 1. The number of hydrogen-bond acceptors (Lipinski definition) is 6. The van der Waals surface area contributed by atoms with E-state index in [1.54, 1.807) is 11.3 Å². The minimum Gasteiger partial charge on any atom is -0.444 e. The highest BCUT2D eigenvalue weighted by atomic mass is 35.5. The number of aliphatic hydroxyl groups excluding tert-OH is 1. The molecule has 1 amide bonds. The molecule has 0 atom stereocenters. The number of nitrogens with one attached hydrogen (secondary N) is 1. The third-order valence-corrected chi connectivity index (χ3v) is 7.83. The van der Waals surface area contributed by atoms with Gasteiger partial charge in [0.1, 0.15) is 5.60 Å². The molecule has 1 aliphatic carbocycles. The average molecular weight is 500 g/mol. The molecule has 1 aromatic carbocycles. The number of pyridine rings is 1. The summed E-state index contributed by atoms with van der Waals surface area (Å²) in [5.74, 6) is 0. The van der Waals surface area contributed by atoms with Crippen molar-refractivity contribution < 1.29 is 14.6 Å². The number of aryl methyl sites for hydroxylation is 1. The SMILES string of the molecule is CC(C)(C)OC(=O)NC1CC(N2CCCc3cc(Cl)cc(-c4ccnc5cc(CO)sc45)c32)C1. The Hall–Kier alpha value is -2.35. The Morgan fingerprint density at radius 1 is 1.29 bits per heavy atom. The molecule has 0 radical (unpaired) electrons. The minimum absolute atomic E-state index is 0.00829. The van der Waals surface area contributed by atoms with E-state index in [2.05, 4.69) is 27.3 Å². The van der Waals surface area contributed by atoms with Crippen molar-refractivity contribution in [1.29, 1.82) is 0 Å². The zero-order valence-corrected chi connectivity index (χ0v) is 21.3. The van der Waals surface area contributed by atoms with E-state index in [0.29, 0.717) is 6.04 Å². The first kappa shape index (κ1) is 23.4. The third-order valence-electron chi connectivity index (χ3n) is 6.47. The molecule has 0 unspecified atom stereocenters. The smallest absolute Gasteiger partial charge is 0.407 e. The highest BCUT2D eigenvalue weighted by Gasteiger charge is 2.38. The second-order valence-corrected chi connectivity index (χ2v) is 11.7. The minimum atomic E-state index is -0.499. The van der Waals surface area contributed by atoms with Gasteiger partial charge >= 0.3 is 6.09 Å². The quantitative estimate of drug-likeness (QED) is 0.466. The van der Waals surface area contributed by atoms with Crippen LogP contribution < -0.4 is 10.2 Å². The summed E-state index contributed by atoms with van der Waals surface area (Å²) in [6.07, 6.45) is 5.33. The number of thiophene rings is 1. The Morgan fingerprint density at radius 2 is 2.09 bits per heavy atom. The van der Waals surface area contributed by atoms with Gasteiger partial charge in [-0.05, 0) is 76.3 Å². The normalized spacial score (nSPS) is 20.1. The predicted molar refractivity (Wildman–Crippen MR) is 138 cm³/mol. The molecule has 1 saturated carbocycles. The number of rotatable bonds is 4. The fraction of sp³-hybridized carbons (Fsp3) is 0.462. The Balaban J connectivity index is 1.45. The molecule has 1 fully saturated rings. The monoisotopic (exact) mass is 499 g/mol. The molecule has 34 heavy (non-hydrogen) atoms. The number of aromatic nitrogens is 1. The van der Waals surface area contributed by atoms with E-state index in [4.69, 9.17) is 16.3 Å². The van der Waals surface area contributed by atoms with Gasteiger partial charge in [-0.25, -0.2) is 4.79 Å². The molecular weight excluding hydrogens is 470 g/mol. The fourth-order valence-corrected chi connectivity index (χ4v) is 6.26. The number of benzene rings is 1. The highest BCUT2D eigenvalue weighted by molar-refractivity contribution is 7.19. The number of carbonyl (C=O) groups is 1. The van der Waals surface area contributed by atoms with E-state index >= 15 is 0 Å². The van der Waals surface area contributed by atoms with Gasteiger partial charge in [0.25, 0.3) is 0 Å². The Kier molecular flexibility index (Phi) is 6.21. The lowest BCUT2D eigenvalue weighted by molar-refractivity contribution is 0.0470. The maximum Gasteiger partial charge on any atom is 0.407 e. The van der Waals surface area contributed by atoms with Crippen LogP contribution in [-0.2, 0) is 17.8 Å². The molecule has 2 aliphatic rings. The summed E-state index contributed by atoms with van der Waals surface area (Å²) in [6.45, 7) is 6.61. The Morgan fingerprint density at radius 3 is 2.82 bits per heavy atom. The van der Waals surface area contributed by atoms with Gasteiger partial charge in [-0.1, -0.05) is 11.6 Å². The fourth-order valence-electron chi connectivity index (χ4n) is 5.02. The number of ether oxygens (including phenoxy) is 1. The molecular formula is C26H30ClN3O3S. The van der Waals surface area contributed by atoms with Crippen LogP contribution in [0.25, 0.3) is 21.3 Å². The van der Waals surface area contributed by atoms with Crippen LogP contribution in [0.5, 0.6) is 0 Å². The van der Waals surface area contributed by atoms with Gasteiger partial charge in [0.15, 0.2) is 0 Å². The van der Waals surface area contributed by atoms with Crippen molar-refractivity contribution in [2.75, 3.05) is 11.4 Å². The zero-order chi connectivity index (χ0) is 24.0. The van der Waals surface area contributed by atoms with Gasteiger partial charge in [-0.15, -0.1) is 11.3 Å². The lowest BCUT2D eigenvalue weighted by Crippen LogP contribution is -2.55. The van der Waals surface area contributed by atoms with Gasteiger partial charge in [-0.2, -0.15) is 0 Å². The summed E-state index contributed by atoms with van der Waals surface area (Å²) in [5.41, 5.74) is 5.12. The predicted octanol–water partition coefficient (Wildman–Crippen LogP) is 5.92. The van der Waals surface area contributed by atoms with Crippen molar-refractivity contribution in [3.63, 3.8) is 0 Å². The van der Waals surface area contributed by atoms with Crippen molar-refractivity contribution in [3.8, 4) is 11.1 Å². The molecule has 3 heterocycles. The number of aliphatic hydroxyl groups is 1. The summed E-state index contributed by atoms with van der Waals surface area (Å²) >= 11 is 8.17. The first-order chi connectivity index (χ1) is 16.2. The van der Waals surface area contributed by atoms with Crippen LogP contribution in [0.1, 0.15) is 50.5 Å². The molecule has 0 saturated heterocycles. The average Bonchev–Trinajstić information content (AvgIpc) is 3.17.